The molecule has 0 saturated heterocycles. The molecule has 0 spiro atoms. The zero-order chi connectivity index (χ0) is 17.3. The first kappa shape index (κ1) is 18.0. The molecule has 1 aliphatic carbocycles. The molecule has 1 saturated carbocycles. The summed E-state index contributed by atoms with van der Waals surface area (Å²) in [6, 6.07) is 7.14. The highest BCUT2D eigenvalue weighted by molar-refractivity contribution is 7.89. The van der Waals surface area contributed by atoms with Gasteiger partial charge in [0.25, 0.3) is 0 Å². The van der Waals surface area contributed by atoms with E-state index < -0.39 is 9.84 Å². The topological polar surface area (TPSA) is 63.2 Å². The number of nitrogens with one attached hydrogen (secondary N) is 1. The minimum atomic E-state index is -3.14. The van der Waals surface area contributed by atoms with Crippen molar-refractivity contribution in [3.8, 4) is 0 Å². The van der Waals surface area contributed by atoms with Gasteiger partial charge in [0.15, 0.2) is 9.84 Å². The summed E-state index contributed by atoms with van der Waals surface area (Å²) in [6.07, 6.45) is 4.11. The maximum Gasteiger partial charge on any atom is 0.227 e. The second-order valence-electron chi connectivity index (χ2n) is 7.83. The van der Waals surface area contributed by atoms with Gasteiger partial charge in [0.2, 0.25) is 5.91 Å². The number of carbonyl (C=O) groups excluding carboxylic acids is 1. The molecule has 5 heteroatoms. The lowest BCUT2D eigenvalue weighted by atomic mass is 9.68. The summed E-state index contributed by atoms with van der Waals surface area (Å²) in [5.41, 5.74) is 1.43. The maximum atomic E-state index is 12.7. The van der Waals surface area contributed by atoms with E-state index in [9.17, 15) is 13.2 Å². The third-order valence-corrected chi connectivity index (χ3v) is 5.29. The third-order valence-electron chi connectivity index (χ3n) is 4.45. The van der Waals surface area contributed by atoms with Crippen LogP contribution in [0.15, 0.2) is 24.3 Å². The van der Waals surface area contributed by atoms with Crippen molar-refractivity contribution < 1.29 is 13.2 Å². The summed E-state index contributed by atoms with van der Waals surface area (Å²) in [4.78, 5) is 12.7. The Bertz CT molecular complexity index is 679. The zero-order valence-electron chi connectivity index (χ0n) is 14.4. The van der Waals surface area contributed by atoms with E-state index in [4.69, 9.17) is 0 Å². The van der Waals surface area contributed by atoms with Crippen LogP contribution in [0.5, 0.6) is 0 Å². The molecule has 1 aromatic carbocycles. The van der Waals surface area contributed by atoms with Crippen molar-refractivity contribution in [2.75, 3.05) is 11.6 Å². The van der Waals surface area contributed by atoms with Gasteiger partial charge in [0.1, 0.15) is 0 Å². The molecule has 0 heterocycles. The van der Waals surface area contributed by atoms with Crippen molar-refractivity contribution in [2.45, 2.75) is 45.8 Å². The van der Waals surface area contributed by atoms with Crippen LogP contribution in [0.2, 0.25) is 0 Å². The molecule has 1 fully saturated rings. The molecule has 0 aromatic heterocycles. The molecule has 1 aliphatic rings. The quantitative estimate of drug-likeness (QED) is 0.912. The maximum absolute atomic E-state index is 12.7. The molecular formula is C18H27NO3S. The minimum absolute atomic E-state index is 0.00516. The largest absolute Gasteiger partial charge is 0.326 e. The Morgan fingerprint density at radius 3 is 2.52 bits per heavy atom. The molecule has 0 radical (unpaired) electrons. The Morgan fingerprint density at radius 1 is 1.26 bits per heavy atom. The van der Waals surface area contributed by atoms with Crippen LogP contribution in [0, 0.1) is 17.3 Å². The van der Waals surface area contributed by atoms with Gasteiger partial charge in [0.05, 0.1) is 5.75 Å². The van der Waals surface area contributed by atoms with Gasteiger partial charge in [-0.1, -0.05) is 39.0 Å². The summed E-state index contributed by atoms with van der Waals surface area (Å²) in [6.45, 7) is 6.61. The van der Waals surface area contributed by atoms with Gasteiger partial charge in [-0.15, -0.1) is 0 Å². The lowest BCUT2D eigenvalue weighted by Gasteiger charge is -2.38. The van der Waals surface area contributed by atoms with E-state index >= 15 is 0 Å². The first-order valence-corrected chi connectivity index (χ1v) is 10.2. The Morgan fingerprint density at radius 2 is 1.91 bits per heavy atom. The predicted molar refractivity (Wildman–Crippen MR) is 93.9 cm³/mol. The Balaban J connectivity index is 2.14. The molecular weight excluding hydrogens is 310 g/mol. The SMILES string of the molecule is CC1CC(C(=O)Nc2ccccc2CS(C)(=O)=O)CC(C)(C)C1. The number of benzene rings is 1. The van der Waals surface area contributed by atoms with Crippen molar-refractivity contribution in [1.29, 1.82) is 0 Å². The molecule has 2 unspecified atom stereocenters. The number of anilines is 1. The number of amides is 1. The van der Waals surface area contributed by atoms with E-state index in [0.717, 1.165) is 19.3 Å². The van der Waals surface area contributed by atoms with Gasteiger partial charge in [0, 0.05) is 17.9 Å². The predicted octanol–water partition coefficient (Wildman–Crippen LogP) is 3.63. The van der Waals surface area contributed by atoms with Crippen LogP contribution in [0.4, 0.5) is 5.69 Å². The summed E-state index contributed by atoms with van der Waals surface area (Å²) in [7, 11) is -3.14. The van der Waals surface area contributed by atoms with Gasteiger partial charge < -0.3 is 5.32 Å². The molecule has 1 aromatic rings. The normalized spacial score (nSPS) is 24.2. The molecule has 1 N–H and O–H groups in total. The standard InChI is InChI=1S/C18H27NO3S/c1-13-9-15(11-18(2,3)10-13)17(20)19-16-8-6-5-7-14(16)12-23(4,21)22/h5-8,13,15H,9-12H2,1-4H3,(H,19,20). The molecule has 0 aliphatic heterocycles. The van der Waals surface area contributed by atoms with E-state index in [1.165, 1.54) is 6.26 Å². The van der Waals surface area contributed by atoms with Gasteiger partial charge >= 0.3 is 0 Å². The van der Waals surface area contributed by atoms with Crippen molar-refractivity contribution in [3.05, 3.63) is 29.8 Å². The van der Waals surface area contributed by atoms with Crippen LogP contribution in [0.1, 0.15) is 45.6 Å². The molecule has 2 rings (SSSR count). The van der Waals surface area contributed by atoms with E-state index in [1.54, 1.807) is 18.2 Å². The second-order valence-corrected chi connectivity index (χ2v) is 9.97. The summed E-state index contributed by atoms with van der Waals surface area (Å²) in [5, 5.41) is 2.96. The van der Waals surface area contributed by atoms with E-state index in [1.807, 2.05) is 6.07 Å². The number of para-hydroxylation sites is 1. The van der Waals surface area contributed by atoms with Crippen molar-refractivity contribution >= 4 is 21.4 Å². The van der Waals surface area contributed by atoms with Crippen molar-refractivity contribution in [3.63, 3.8) is 0 Å². The lowest BCUT2D eigenvalue weighted by Crippen LogP contribution is -2.35. The van der Waals surface area contributed by atoms with Crippen LogP contribution < -0.4 is 5.32 Å². The molecule has 2 atom stereocenters. The highest BCUT2D eigenvalue weighted by atomic mass is 32.2. The van der Waals surface area contributed by atoms with E-state index in [0.29, 0.717) is 17.2 Å². The van der Waals surface area contributed by atoms with E-state index in [2.05, 4.69) is 26.1 Å². The van der Waals surface area contributed by atoms with Gasteiger partial charge in [-0.3, -0.25) is 4.79 Å². The monoisotopic (exact) mass is 337 g/mol. The fraction of sp³-hybridized carbons (Fsp3) is 0.611. The van der Waals surface area contributed by atoms with Gasteiger partial charge in [-0.25, -0.2) is 8.42 Å². The number of hydrogen-bond acceptors (Lipinski definition) is 3. The summed E-state index contributed by atoms with van der Waals surface area (Å²) in [5.74, 6) is 0.460. The smallest absolute Gasteiger partial charge is 0.227 e. The van der Waals surface area contributed by atoms with Crippen molar-refractivity contribution in [2.24, 2.45) is 17.3 Å². The zero-order valence-corrected chi connectivity index (χ0v) is 15.2. The van der Waals surface area contributed by atoms with Gasteiger partial charge in [-0.2, -0.15) is 0 Å². The van der Waals surface area contributed by atoms with Gasteiger partial charge in [-0.05, 0) is 42.2 Å². The minimum Gasteiger partial charge on any atom is -0.326 e. The second kappa shape index (κ2) is 6.63. The third kappa shape index (κ3) is 5.34. The van der Waals surface area contributed by atoms with Crippen LogP contribution in [-0.2, 0) is 20.4 Å². The molecule has 4 nitrogen and oxygen atoms in total. The highest BCUT2D eigenvalue weighted by Gasteiger charge is 2.35. The van der Waals surface area contributed by atoms with E-state index in [-0.39, 0.29) is 23.0 Å². The van der Waals surface area contributed by atoms with Crippen LogP contribution in [0.3, 0.4) is 0 Å². The number of rotatable bonds is 4. The number of hydrogen-bond donors (Lipinski definition) is 1. The van der Waals surface area contributed by atoms with Crippen molar-refractivity contribution in [1.82, 2.24) is 0 Å². The number of sulfone groups is 1. The Hall–Kier alpha value is -1.36. The van der Waals surface area contributed by atoms with Crippen LogP contribution >= 0.6 is 0 Å². The average Bonchev–Trinajstić information content (AvgIpc) is 2.37. The fourth-order valence-corrected chi connectivity index (χ4v) is 4.65. The molecule has 23 heavy (non-hydrogen) atoms. The first-order valence-electron chi connectivity index (χ1n) is 8.12. The Kier molecular flexibility index (Phi) is 5.19. The average molecular weight is 337 g/mol. The Labute approximate surface area is 139 Å². The van der Waals surface area contributed by atoms with Crippen LogP contribution in [-0.4, -0.2) is 20.6 Å². The summed E-state index contributed by atoms with van der Waals surface area (Å²) < 4.78 is 23.1. The molecule has 1 amide bonds. The summed E-state index contributed by atoms with van der Waals surface area (Å²) >= 11 is 0. The van der Waals surface area contributed by atoms with Crippen LogP contribution in [0.25, 0.3) is 0 Å². The lowest BCUT2D eigenvalue weighted by molar-refractivity contribution is -0.122. The first-order chi connectivity index (χ1) is 10.6. The number of carbonyl (C=O) groups is 1. The molecule has 0 bridgehead atoms. The fourth-order valence-electron chi connectivity index (χ4n) is 3.83. The highest BCUT2D eigenvalue weighted by Crippen LogP contribution is 2.42. The molecule has 128 valence electrons.